The number of hydrogen-bond donors (Lipinski definition) is 2. The summed E-state index contributed by atoms with van der Waals surface area (Å²) in [5.41, 5.74) is 2.15. The topological polar surface area (TPSA) is 58.4 Å². The molecule has 1 unspecified atom stereocenters. The number of nitrogens with one attached hydrogen (secondary N) is 1. The van der Waals surface area contributed by atoms with Crippen LogP contribution in [0, 0.1) is 0 Å². The highest BCUT2D eigenvalue weighted by Gasteiger charge is 2.11. The van der Waals surface area contributed by atoms with Gasteiger partial charge in [0.2, 0.25) is 5.91 Å². The lowest BCUT2D eigenvalue weighted by Crippen LogP contribution is -2.36. The zero-order valence-electron chi connectivity index (χ0n) is 9.55. The smallest absolute Gasteiger partial charge is 0.233 e. The molecule has 0 aromatic heterocycles. The predicted molar refractivity (Wildman–Crippen MR) is 58.6 cm³/mol. The first-order valence-corrected chi connectivity index (χ1v) is 5.39. The van der Waals surface area contributed by atoms with Crippen molar-refractivity contribution in [2.24, 2.45) is 5.84 Å². The van der Waals surface area contributed by atoms with E-state index in [1.165, 1.54) is 0 Å². The number of hydrogen-bond acceptors (Lipinski definition) is 3. The van der Waals surface area contributed by atoms with Gasteiger partial charge in [0.05, 0.1) is 0 Å². The third kappa shape index (κ3) is 5.19. The molecule has 1 amide bonds. The monoisotopic (exact) mass is 201 g/mol. The number of amides is 1. The number of carbonyl (C=O) groups excluding carboxylic acids is 1. The number of nitrogens with zero attached hydrogens (tertiary/aromatic N) is 1. The van der Waals surface area contributed by atoms with Gasteiger partial charge in [-0.05, 0) is 32.9 Å². The largest absolute Gasteiger partial charge is 0.301 e. The van der Waals surface area contributed by atoms with Crippen LogP contribution in [0.25, 0.3) is 0 Å². The molecule has 0 aromatic carbocycles. The maximum Gasteiger partial charge on any atom is 0.233 e. The van der Waals surface area contributed by atoms with Crippen LogP contribution >= 0.6 is 0 Å². The zero-order chi connectivity index (χ0) is 11.0. The van der Waals surface area contributed by atoms with Gasteiger partial charge in [0, 0.05) is 12.5 Å². The van der Waals surface area contributed by atoms with Crippen LogP contribution in [0.1, 0.15) is 40.0 Å². The molecule has 1 atom stereocenters. The molecule has 0 fully saturated rings. The normalized spacial score (nSPS) is 12.9. The van der Waals surface area contributed by atoms with Crippen LogP contribution in [0.3, 0.4) is 0 Å². The fourth-order valence-corrected chi connectivity index (χ4v) is 1.57. The van der Waals surface area contributed by atoms with Crippen LogP contribution in [0.4, 0.5) is 0 Å². The van der Waals surface area contributed by atoms with Gasteiger partial charge in [0.1, 0.15) is 0 Å². The van der Waals surface area contributed by atoms with Crippen molar-refractivity contribution >= 4 is 5.91 Å². The Balaban J connectivity index is 3.79. The van der Waals surface area contributed by atoms with Gasteiger partial charge in [-0.25, -0.2) is 5.84 Å². The molecule has 0 heterocycles. The quantitative estimate of drug-likeness (QED) is 0.365. The van der Waals surface area contributed by atoms with Crippen molar-refractivity contribution in [2.75, 3.05) is 13.1 Å². The summed E-state index contributed by atoms with van der Waals surface area (Å²) in [4.78, 5) is 13.3. The number of nitrogens with two attached hydrogens (primary N) is 1. The van der Waals surface area contributed by atoms with E-state index >= 15 is 0 Å². The van der Waals surface area contributed by atoms with Crippen molar-refractivity contribution in [1.82, 2.24) is 10.3 Å². The lowest BCUT2D eigenvalue weighted by atomic mass is 10.1. The highest BCUT2D eigenvalue weighted by molar-refractivity contribution is 5.75. The summed E-state index contributed by atoms with van der Waals surface area (Å²) in [6.07, 6.45) is 2.54. The van der Waals surface area contributed by atoms with E-state index in [9.17, 15) is 4.79 Å². The Kier molecular flexibility index (Phi) is 7.42. The van der Waals surface area contributed by atoms with E-state index in [-0.39, 0.29) is 5.91 Å². The van der Waals surface area contributed by atoms with E-state index in [1.807, 2.05) is 0 Å². The van der Waals surface area contributed by atoms with Crippen LogP contribution in [0.5, 0.6) is 0 Å². The molecular formula is C10H23N3O. The molecule has 0 bridgehead atoms. The summed E-state index contributed by atoms with van der Waals surface area (Å²) in [6, 6.07) is 0.456. The number of carbonyl (C=O) groups is 1. The van der Waals surface area contributed by atoms with Gasteiger partial charge >= 0.3 is 0 Å². The highest BCUT2D eigenvalue weighted by atomic mass is 16.2. The van der Waals surface area contributed by atoms with E-state index in [2.05, 4.69) is 31.1 Å². The van der Waals surface area contributed by atoms with Gasteiger partial charge in [-0.1, -0.05) is 13.8 Å². The Hall–Kier alpha value is -0.610. The standard InChI is InChI=1S/C10H23N3O/c1-4-8-13(5-2)9(3)6-7-10(14)12-11/h9H,4-8,11H2,1-3H3,(H,12,14). The van der Waals surface area contributed by atoms with Gasteiger partial charge in [-0.15, -0.1) is 0 Å². The molecule has 4 heteroatoms. The average Bonchev–Trinajstić information content (AvgIpc) is 2.21. The first-order valence-electron chi connectivity index (χ1n) is 5.39. The Bertz CT molecular complexity index is 161. The second kappa shape index (κ2) is 7.76. The molecule has 14 heavy (non-hydrogen) atoms. The molecule has 0 aliphatic heterocycles. The molecule has 0 saturated carbocycles. The molecule has 0 aliphatic carbocycles. The number of rotatable bonds is 7. The van der Waals surface area contributed by atoms with E-state index in [1.54, 1.807) is 0 Å². The van der Waals surface area contributed by atoms with Crippen LogP contribution in [0.2, 0.25) is 0 Å². The van der Waals surface area contributed by atoms with Crippen LogP contribution < -0.4 is 11.3 Å². The molecule has 0 aromatic rings. The fraction of sp³-hybridized carbons (Fsp3) is 0.900. The summed E-state index contributed by atoms with van der Waals surface area (Å²) >= 11 is 0. The Labute approximate surface area is 86.8 Å². The fourth-order valence-electron chi connectivity index (χ4n) is 1.57. The molecule has 0 saturated heterocycles. The van der Waals surface area contributed by atoms with Crippen LogP contribution in [-0.4, -0.2) is 29.9 Å². The Morgan fingerprint density at radius 2 is 2.14 bits per heavy atom. The minimum absolute atomic E-state index is 0.0793. The third-order valence-corrected chi connectivity index (χ3v) is 2.49. The lowest BCUT2D eigenvalue weighted by Gasteiger charge is -2.27. The minimum Gasteiger partial charge on any atom is -0.301 e. The van der Waals surface area contributed by atoms with E-state index in [4.69, 9.17) is 5.84 Å². The minimum atomic E-state index is -0.0793. The van der Waals surface area contributed by atoms with Crippen molar-refractivity contribution in [3.63, 3.8) is 0 Å². The molecule has 3 N–H and O–H groups in total. The first-order chi connectivity index (χ1) is 6.65. The SMILES string of the molecule is CCCN(CC)C(C)CCC(=O)NN. The van der Waals surface area contributed by atoms with Gasteiger partial charge < -0.3 is 4.90 Å². The summed E-state index contributed by atoms with van der Waals surface area (Å²) in [5.74, 6) is 4.93. The Morgan fingerprint density at radius 1 is 1.50 bits per heavy atom. The molecule has 0 spiro atoms. The molecule has 0 aliphatic rings. The summed E-state index contributed by atoms with van der Waals surface area (Å²) < 4.78 is 0. The van der Waals surface area contributed by atoms with E-state index in [0.717, 1.165) is 25.9 Å². The van der Waals surface area contributed by atoms with E-state index in [0.29, 0.717) is 12.5 Å². The van der Waals surface area contributed by atoms with Gasteiger partial charge in [-0.3, -0.25) is 10.2 Å². The zero-order valence-corrected chi connectivity index (χ0v) is 9.55. The lowest BCUT2D eigenvalue weighted by molar-refractivity contribution is -0.121. The molecule has 4 nitrogen and oxygen atoms in total. The second-order valence-electron chi connectivity index (χ2n) is 3.58. The van der Waals surface area contributed by atoms with Crippen LogP contribution in [0.15, 0.2) is 0 Å². The first kappa shape index (κ1) is 13.4. The highest BCUT2D eigenvalue weighted by Crippen LogP contribution is 2.06. The van der Waals surface area contributed by atoms with Crippen molar-refractivity contribution in [1.29, 1.82) is 0 Å². The molecule has 84 valence electrons. The van der Waals surface area contributed by atoms with E-state index < -0.39 is 0 Å². The van der Waals surface area contributed by atoms with Crippen molar-refractivity contribution < 1.29 is 4.79 Å². The van der Waals surface area contributed by atoms with Gasteiger partial charge in [-0.2, -0.15) is 0 Å². The summed E-state index contributed by atoms with van der Waals surface area (Å²) in [5, 5.41) is 0. The van der Waals surface area contributed by atoms with Gasteiger partial charge in [0.25, 0.3) is 0 Å². The van der Waals surface area contributed by atoms with Crippen molar-refractivity contribution in [3.8, 4) is 0 Å². The third-order valence-electron chi connectivity index (χ3n) is 2.49. The Morgan fingerprint density at radius 3 is 2.57 bits per heavy atom. The van der Waals surface area contributed by atoms with Crippen molar-refractivity contribution in [3.05, 3.63) is 0 Å². The van der Waals surface area contributed by atoms with Crippen molar-refractivity contribution in [2.45, 2.75) is 46.1 Å². The molecule has 0 rings (SSSR count). The maximum absolute atomic E-state index is 10.9. The predicted octanol–water partition coefficient (Wildman–Crippen LogP) is 0.877. The number of hydrazine groups is 1. The summed E-state index contributed by atoms with van der Waals surface area (Å²) in [6.45, 7) is 8.61. The second-order valence-corrected chi connectivity index (χ2v) is 3.58. The van der Waals surface area contributed by atoms with Crippen LogP contribution in [-0.2, 0) is 4.79 Å². The summed E-state index contributed by atoms with van der Waals surface area (Å²) in [7, 11) is 0. The van der Waals surface area contributed by atoms with Gasteiger partial charge in [0.15, 0.2) is 0 Å². The molecular weight excluding hydrogens is 178 g/mol. The average molecular weight is 201 g/mol. The molecule has 0 radical (unpaired) electrons. The maximum atomic E-state index is 10.9.